The van der Waals surface area contributed by atoms with Crippen molar-refractivity contribution in [2.24, 2.45) is 0 Å². The van der Waals surface area contributed by atoms with Gasteiger partial charge in [0.1, 0.15) is 0 Å². The molecule has 0 heterocycles. The van der Waals surface area contributed by atoms with Gasteiger partial charge >= 0.3 is 0 Å². The van der Waals surface area contributed by atoms with Crippen molar-refractivity contribution in [3.05, 3.63) is 109 Å². The molecule has 0 aromatic heterocycles. The van der Waals surface area contributed by atoms with Gasteiger partial charge in [0.2, 0.25) is 0 Å². The fourth-order valence-corrected chi connectivity index (χ4v) is 3.81. The summed E-state index contributed by atoms with van der Waals surface area (Å²) in [6.45, 7) is 16.3. The minimum atomic E-state index is -0.197. The van der Waals surface area contributed by atoms with Crippen molar-refractivity contribution >= 4 is 17.6 Å². The minimum absolute atomic E-state index is 0.197. The van der Waals surface area contributed by atoms with E-state index in [1.54, 1.807) is 70.5 Å². The summed E-state index contributed by atoms with van der Waals surface area (Å²) >= 11 is 0. The van der Waals surface area contributed by atoms with Gasteiger partial charge in [-0.2, -0.15) is 0 Å². The van der Waals surface area contributed by atoms with E-state index in [1.807, 2.05) is 0 Å². The van der Waals surface area contributed by atoms with E-state index in [-0.39, 0.29) is 17.6 Å². The Morgan fingerprint density at radius 2 is 0.969 bits per heavy atom. The van der Waals surface area contributed by atoms with Gasteiger partial charge in [-0.05, 0) is 35.4 Å². The van der Waals surface area contributed by atoms with Gasteiger partial charge in [0, 0.05) is 48.4 Å². The maximum Gasteiger partial charge on any atom is 0.254 e. The van der Waals surface area contributed by atoms with Crippen LogP contribution in [0.2, 0.25) is 0 Å². The zero-order valence-electron chi connectivity index (χ0n) is 18.0. The topological polar surface area (TPSA) is 57.7 Å². The zero-order chi connectivity index (χ0) is 23.3. The molecule has 0 unspecified atom stereocenters. The molecule has 0 saturated heterocycles. The van der Waals surface area contributed by atoms with Crippen LogP contribution >= 0.6 is 0 Å². The fraction of sp³-hybridized carbons (Fsp3) is 0.148. The van der Waals surface area contributed by atoms with Crippen LogP contribution < -0.4 is 0 Å². The van der Waals surface area contributed by atoms with E-state index in [1.165, 1.54) is 0 Å². The van der Waals surface area contributed by atoms with Crippen molar-refractivity contribution in [1.29, 1.82) is 0 Å². The summed E-state index contributed by atoms with van der Waals surface area (Å²) in [5, 5.41) is 0. The summed E-state index contributed by atoms with van der Waals surface area (Å²) in [6, 6.07) is 10.3. The molecule has 0 aliphatic heterocycles. The highest BCUT2D eigenvalue weighted by Crippen LogP contribution is 2.37. The Bertz CT molecular complexity index is 1020. The van der Waals surface area contributed by atoms with Gasteiger partial charge in [-0.15, -0.1) is 26.3 Å². The smallest absolute Gasteiger partial charge is 0.254 e. The Hall–Kier alpha value is -3.99. The molecule has 2 aromatic carbocycles. The van der Waals surface area contributed by atoms with E-state index >= 15 is 0 Å². The first-order valence-corrected chi connectivity index (χ1v) is 10.3. The van der Waals surface area contributed by atoms with Crippen LogP contribution in [0.1, 0.15) is 36.6 Å². The minimum Gasteiger partial charge on any atom is -0.331 e. The molecule has 0 spiro atoms. The lowest BCUT2D eigenvalue weighted by Crippen LogP contribution is -2.31. The van der Waals surface area contributed by atoms with Crippen LogP contribution in [0.25, 0.3) is 11.1 Å². The van der Waals surface area contributed by atoms with Gasteiger partial charge < -0.3 is 9.80 Å². The largest absolute Gasteiger partial charge is 0.331 e. The van der Waals surface area contributed by atoms with E-state index in [0.717, 1.165) is 11.1 Å². The molecule has 3 rings (SSSR count). The van der Waals surface area contributed by atoms with Crippen molar-refractivity contribution < 1.29 is 14.4 Å². The van der Waals surface area contributed by atoms with Crippen molar-refractivity contribution in [3.63, 3.8) is 0 Å². The lowest BCUT2D eigenvalue weighted by molar-refractivity contribution is 0.0783. The van der Waals surface area contributed by atoms with Gasteiger partial charge in [-0.3, -0.25) is 14.4 Å². The maximum absolute atomic E-state index is 13.2. The SMILES string of the molecule is C=CCN(CC=C)C(=O)c1ccc2c(c1)C(=O)c1cc(C(=O)N(CC=C)CC=C)ccc1-2. The Labute approximate surface area is 188 Å². The average Bonchev–Trinajstić information content (AvgIpc) is 3.08. The van der Waals surface area contributed by atoms with Crippen molar-refractivity contribution in [1.82, 2.24) is 9.80 Å². The second-order valence-electron chi connectivity index (χ2n) is 7.42. The summed E-state index contributed by atoms with van der Waals surface area (Å²) in [5.74, 6) is -0.592. The number of hydrogen-bond donors (Lipinski definition) is 0. The Kier molecular flexibility index (Phi) is 7.00. The van der Waals surface area contributed by atoms with E-state index in [9.17, 15) is 14.4 Å². The van der Waals surface area contributed by atoms with Crippen LogP contribution in [-0.2, 0) is 0 Å². The molecule has 0 bridgehead atoms. The van der Waals surface area contributed by atoms with Crippen LogP contribution in [0.4, 0.5) is 0 Å². The number of amides is 2. The first kappa shape index (κ1) is 22.7. The van der Waals surface area contributed by atoms with Crippen molar-refractivity contribution in [2.75, 3.05) is 26.2 Å². The van der Waals surface area contributed by atoms with Crippen LogP contribution in [0.3, 0.4) is 0 Å². The van der Waals surface area contributed by atoms with Crippen LogP contribution in [0, 0.1) is 0 Å². The van der Waals surface area contributed by atoms with Gasteiger partial charge in [0.05, 0.1) is 0 Å². The third kappa shape index (κ3) is 4.23. The monoisotopic (exact) mass is 426 g/mol. The first-order chi connectivity index (χ1) is 15.5. The van der Waals surface area contributed by atoms with E-state index < -0.39 is 0 Å². The number of carbonyl (C=O) groups is 3. The van der Waals surface area contributed by atoms with E-state index in [2.05, 4.69) is 26.3 Å². The molecule has 2 amide bonds. The summed E-state index contributed by atoms with van der Waals surface area (Å²) in [5.41, 5.74) is 3.28. The fourth-order valence-electron chi connectivity index (χ4n) is 3.81. The van der Waals surface area contributed by atoms with Crippen LogP contribution in [0.5, 0.6) is 0 Å². The predicted octanol–water partition coefficient (Wildman–Crippen LogP) is 4.53. The van der Waals surface area contributed by atoms with Gasteiger partial charge in [-0.1, -0.05) is 36.4 Å². The molecule has 0 saturated carbocycles. The number of nitrogens with zero attached hydrogens (tertiary/aromatic N) is 2. The molecule has 0 radical (unpaired) electrons. The second kappa shape index (κ2) is 9.88. The standard InChI is InChI=1S/C27H26N2O3/c1-5-13-28(14-6-2)26(31)19-9-11-21-22-12-10-20(18-24(22)25(30)23(21)17-19)27(32)29(15-7-3)16-8-4/h5-12,17-18H,1-4,13-16H2. The predicted molar refractivity (Wildman–Crippen MR) is 128 cm³/mol. The van der Waals surface area contributed by atoms with Crippen molar-refractivity contribution in [3.8, 4) is 11.1 Å². The molecule has 162 valence electrons. The number of carbonyl (C=O) groups excluding carboxylic acids is 3. The quantitative estimate of drug-likeness (QED) is 0.448. The van der Waals surface area contributed by atoms with Gasteiger partial charge in [0.25, 0.3) is 11.8 Å². The molecule has 0 atom stereocenters. The summed E-state index contributed by atoms with van der Waals surface area (Å²) < 4.78 is 0. The Morgan fingerprint density at radius 3 is 1.28 bits per heavy atom. The molecule has 0 N–H and O–H groups in total. The number of rotatable bonds is 10. The molecule has 5 heteroatoms. The first-order valence-electron chi connectivity index (χ1n) is 10.3. The normalized spacial score (nSPS) is 11.2. The van der Waals surface area contributed by atoms with E-state index in [4.69, 9.17) is 0 Å². The number of benzene rings is 2. The number of hydrogen-bond acceptors (Lipinski definition) is 3. The molecule has 0 fully saturated rings. The third-order valence-corrected chi connectivity index (χ3v) is 5.28. The molecule has 1 aliphatic carbocycles. The summed E-state index contributed by atoms with van der Waals surface area (Å²) in [4.78, 5) is 42.2. The molecular weight excluding hydrogens is 400 g/mol. The lowest BCUT2D eigenvalue weighted by atomic mass is 10.0. The number of fused-ring (bicyclic) bond motifs is 3. The third-order valence-electron chi connectivity index (χ3n) is 5.28. The molecule has 2 aromatic rings. The Balaban J connectivity index is 1.94. The van der Waals surface area contributed by atoms with Crippen molar-refractivity contribution in [2.45, 2.75) is 0 Å². The average molecular weight is 427 g/mol. The van der Waals surface area contributed by atoms with Gasteiger partial charge in [-0.25, -0.2) is 0 Å². The second-order valence-corrected chi connectivity index (χ2v) is 7.42. The Morgan fingerprint density at radius 1 is 0.625 bits per heavy atom. The molecule has 32 heavy (non-hydrogen) atoms. The van der Waals surface area contributed by atoms with Gasteiger partial charge in [0.15, 0.2) is 5.78 Å². The maximum atomic E-state index is 13.2. The van der Waals surface area contributed by atoms with Crippen LogP contribution in [0.15, 0.2) is 87.0 Å². The molecule has 5 nitrogen and oxygen atoms in total. The van der Waals surface area contributed by atoms with E-state index in [0.29, 0.717) is 48.4 Å². The highest BCUT2D eigenvalue weighted by Gasteiger charge is 2.29. The van der Waals surface area contributed by atoms with Crippen LogP contribution in [-0.4, -0.2) is 53.6 Å². The highest BCUT2D eigenvalue weighted by molar-refractivity contribution is 6.23. The zero-order valence-corrected chi connectivity index (χ0v) is 18.0. The summed E-state index contributed by atoms with van der Waals surface area (Å²) in [6.07, 6.45) is 6.60. The summed E-state index contributed by atoms with van der Waals surface area (Å²) in [7, 11) is 0. The lowest BCUT2D eigenvalue weighted by Gasteiger charge is -2.19. The molecular formula is C27H26N2O3. The number of ketones is 1. The highest BCUT2D eigenvalue weighted by atomic mass is 16.2. The molecule has 1 aliphatic rings.